The van der Waals surface area contributed by atoms with Crippen molar-refractivity contribution in [2.45, 2.75) is 6.92 Å². The van der Waals surface area contributed by atoms with Crippen LogP contribution in [-0.4, -0.2) is 27.2 Å². The molecule has 0 bridgehead atoms. The number of rotatable bonds is 3. The van der Waals surface area contributed by atoms with Crippen LogP contribution in [-0.2, 0) is 7.05 Å². The Morgan fingerprint density at radius 1 is 1.07 bits per heavy atom. The third-order valence-electron chi connectivity index (χ3n) is 4.63. The third-order valence-corrected chi connectivity index (χ3v) is 4.63. The van der Waals surface area contributed by atoms with Crippen LogP contribution in [0.1, 0.15) is 21.6 Å². The van der Waals surface area contributed by atoms with Crippen molar-refractivity contribution in [3.63, 3.8) is 0 Å². The van der Waals surface area contributed by atoms with Gasteiger partial charge in [-0.25, -0.2) is 4.98 Å². The minimum Gasteiger partial charge on any atom is -0.341 e. The number of carbonyl (C=O) groups is 1. The molecule has 5 nitrogen and oxygen atoms in total. The second-order valence-corrected chi connectivity index (χ2v) is 6.68. The molecule has 5 heteroatoms. The monoisotopic (exact) mass is 380 g/mol. The van der Waals surface area contributed by atoms with Gasteiger partial charge in [0.2, 0.25) is 0 Å². The van der Waals surface area contributed by atoms with Gasteiger partial charge in [-0.05, 0) is 25.1 Å². The van der Waals surface area contributed by atoms with E-state index in [2.05, 4.69) is 22.3 Å². The van der Waals surface area contributed by atoms with Crippen molar-refractivity contribution in [2.24, 2.45) is 7.05 Å². The first kappa shape index (κ1) is 18.5. The summed E-state index contributed by atoms with van der Waals surface area (Å²) in [5.74, 6) is 5.86. The van der Waals surface area contributed by atoms with Gasteiger partial charge in [0.15, 0.2) is 5.65 Å². The zero-order valence-corrected chi connectivity index (χ0v) is 16.3. The molecule has 0 aliphatic carbocycles. The highest BCUT2D eigenvalue weighted by atomic mass is 16.1. The number of aryl methyl sites for hydroxylation is 2. The maximum atomic E-state index is 13.0. The Hall–Kier alpha value is -3.91. The smallest absolute Gasteiger partial charge is 0.252 e. The molecule has 0 aliphatic rings. The van der Waals surface area contributed by atoms with Gasteiger partial charge in [-0.3, -0.25) is 9.48 Å². The normalized spacial score (nSPS) is 10.4. The van der Waals surface area contributed by atoms with Gasteiger partial charge in [0.25, 0.3) is 5.91 Å². The van der Waals surface area contributed by atoms with Gasteiger partial charge in [-0.15, -0.1) is 0 Å². The molecule has 1 N–H and O–H groups in total. The molecule has 0 saturated carbocycles. The number of aromatic nitrogens is 3. The van der Waals surface area contributed by atoms with E-state index in [4.69, 9.17) is 4.98 Å². The fourth-order valence-electron chi connectivity index (χ4n) is 3.27. The summed E-state index contributed by atoms with van der Waals surface area (Å²) < 4.78 is 1.71. The first-order valence-corrected chi connectivity index (χ1v) is 9.35. The van der Waals surface area contributed by atoms with E-state index in [-0.39, 0.29) is 12.5 Å². The number of fused-ring (bicyclic) bond motifs is 1. The van der Waals surface area contributed by atoms with Crippen LogP contribution in [0.3, 0.4) is 0 Å². The Balaban J connectivity index is 1.66. The number of hydrogen-bond donors (Lipinski definition) is 1. The van der Waals surface area contributed by atoms with E-state index < -0.39 is 0 Å². The predicted octanol–water partition coefficient (Wildman–Crippen LogP) is 3.73. The van der Waals surface area contributed by atoms with Gasteiger partial charge in [-0.1, -0.05) is 60.4 Å². The second kappa shape index (κ2) is 7.99. The van der Waals surface area contributed by atoms with Crippen molar-refractivity contribution in [3.8, 4) is 23.1 Å². The van der Waals surface area contributed by atoms with Gasteiger partial charge in [0.05, 0.1) is 28.9 Å². The summed E-state index contributed by atoms with van der Waals surface area (Å²) in [6.45, 7) is 2.15. The molecule has 0 unspecified atom stereocenters. The first-order chi connectivity index (χ1) is 14.1. The first-order valence-electron chi connectivity index (χ1n) is 9.35. The number of nitrogens with one attached hydrogen (secondary N) is 1. The Morgan fingerprint density at radius 2 is 1.76 bits per heavy atom. The van der Waals surface area contributed by atoms with Crippen LogP contribution in [0.5, 0.6) is 0 Å². The predicted molar refractivity (Wildman–Crippen MR) is 114 cm³/mol. The molecule has 0 atom stereocenters. The molecule has 4 rings (SSSR count). The lowest BCUT2D eigenvalue weighted by molar-refractivity contribution is 0.0960. The largest absolute Gasteiger partial charge is 0.341 e. The van der Waals surface area contributed by atoms with Crippen LogP contribution < -0.4 is 5.32 Å². The SMILES string of the molecule is Cc1nn(C)c2nc(-c3ccccc3)cc(C(=O)NCC#Cc3ccccc3)c12. The quantitative estimate of drug-likeness (QED) is 0.551. The van der Waals surface area contributed by atoms with Crippen LogP contribution in [0.25, 0.3) is 22.3 Å². The van der Waals surface area contributed by atoms with E-state index >= 15 is 0 Å². The van der Waals surface area contributed by atoms with Crippen molar-refractivity contribution in [2.75, 3.05) is 6.54 Å². The van der Waals surface area contributed by atoms with Crippen molar-refractivity contribution in [1.82, 2.24) is 20.1 Å². The van der Waals surface area contributed by atoms with E-state index in [1.165, 1.54) is 0 Å². The molecule has 142 valence electrons. The Morgan fingerprint density at radius 3 is 2.48 bits per heavy atom. The molecule has 29 heavy (non-hydrogen) atoms. The van der Waals surface area contributed by atoms with Crippen molar-refractivity contribution in [3.05, 3.63) is 83.6 Å². The number of pyridine rings is 1. The maximum Gasteiger partial charge on any atom is 0.252 e. The highest BCUT2D eigenvalue weighted by Crippen LogP contribution is 2.26. The average molecular weight is 380 g/mol. The Bertz CT molecular complexity index is 1230. The summed E-state index contributed by atoms with van der Waals surface area (Å²) in [6, 6.07) is 21.3. The van der Waals surface area contributed by atoms with Crippen molar-refractivity contribution < 1.29 is 4.79 Å². The van der Waals surface area contributed by atoms with E-state index in [0.29, 0.717) is 11.2 Å². The zero-order valence-electron chi connectivity index (χ0n) is 16.3. The van der Waals surface area contributed by atoms with Crippen molar-refractivity contribution >= 4 is 16.9 Å². The molecule has 0 fully saturated rings. The van der Waals surface area contributed by atoms with E-state index in [0.717, 1.165) is 27.9 Å². The van der Waals surface area contributed by atoms with E-state index in [1.807, 2.05) is 80.7 Å². The number of benzene rings is 2. The minimum atomic E-state index is -0.187. The van der Waals surface area contributed by atoms with E-state index in [9.17, 15) is 4.79 Å². The molecular weight excluding hydrogens is 360 g/mol. The van der Waals surface area contributed by atoms with Crippen LogP contribution >= 0.6 is 0 Å². The standard InChI is InChI=1S/C24H20N4O/c1-17-22-20(24(29)25-15-9-12-18-10-5-3-6-11-18)16-21(19-13-7-4-8-14-19)26-23(22)28(2)27-17/h3-8,10-11,13-14,16H,15H2,1-2H3,(H,25,29). The van der Waals surface area contributed by atoms with Crippen LogP contribution in [0.15, 0.2) is 66.7 Å². The minimum absolute atomic E-state index is 0.187. The summed E-state index contributed by atoms with van der Waals surface area (Å²) in [5, 5.41) is 8.11. The molecular formula is C24H20N4O. The molecule has 0 spiro atoms. The summed E-state index contributed by atoms with van der Waals surface area (Å²) in [7, 11) is 1.84. The highest BCUT2D eigenvalue weighted by Gasteiger charge is 2.18. The van der Waals surface area contributed by atoms with Gasteiger partial charge < -0.3 is 5.32 Å². The van der Waals surface area contributed by atoms with Crippen molar-refractivity contribution in [1.29, 1.82) is 0 Å². The molecule has 2 aromatic heterocycles. The molecule has 0 saturated heterocycles. The van der Waals surface area contributed by atoms with Gasteiger partial charge in [0, 0.05) is 18.2 Å². The Kier molecular flexibility index (Phi) is 5.08. The zero-order chi connectivity index (χ0) is 20.2. The highest BCUT2D eigenvalue weighted by molar-refractivity contribution is 6.07. The second-order valence-electron chi connectivity index (χ2n) is 6.68. The average Bonchev–Trinajstić information content (AvgIpc) is 3.05. The van der Waals surface area contributed by atoms with Crippen LogP contribution in [0, 0.1) is 18.8 Å². The van der Waals surface area contributed by atoms with Crippen LogP contribution in [0.2, 0.25) is 0 Å². The molecule has 2 aromatic carbocycles. The fraction of sp³-hybridized carbons (Fsp3) is 0.125. The summed E-state index contributed by atoms with van der Waals surface area (Å²) in [6.07, 6.45) is 0. The lowest BCUT2D eigenvalue weighted by Crippen LogP contribution is -2.24. The van der Waals surface area contributed by atoms with E-state index in [1.54, 1.807) is 4.68 Å². The summed E-state index contributed by atoms with van der Waals surface area (Å²) >= 11 is 0. The van der Waals surface area contributed by atoms with Gasteiger partial charge in [0.1, 0.15) is 0 Å². The summed E-state index contributed by atoms with van der Waals surface area (Å²) in [4.78, 5) is 17.7. The lowest BCUT2D eigenvalue weighted by atomic mass is 10.0. The molecule has 4 aromatic rings. The number of nitrogens with zero attached hydrogens (tertiary/aromatic N) is 3. The number of carbonyl (C=O) groups excluding carboxylic acids is 1. The maximum absolute atomic E-state index is 13.0. The summed E-state index contributed by atoms with van der Waals surface area (Å²) in [5.41, 5.74) is 4.62. The Labute approximate surface area is 169 Å². The molecule has 1 amide bonds. The van der Waals surface area contributed by atoms with Crippen LogP contribution in [0.4, 0.5) is 0 Å². The molecule has 0 radical (unpaired) electrons. The fourth-order valence-corrected chi connectivity index (χ4v) is 3.27. The number of amides is 1. The van der Waals surface area contributed by atoms with Gasteiger partial charge in [-0.2, -0.15) is 5.10 Å². The molecule has 0 aliphatic heterocycles. The van der Waals surface area contributed by atoms with Gasteiger partial charge >= 0.3 is 0 Å². The molecule has 2 heterocycles. The topological polar surface area (TPSA) is 59.8 Å². The number of hydrogen-bond acceptors (Lipinski definition) is 3. The lowest BCUT2D eigenvalue weighted by Gasteiger charge is -2.08. The third kappa shape index (κ3) is 3.87.